The van der Waals surface area contributed by atoms with Gasteiger partial charge in [-0.2, -0.15) is 0 Å². The van der Waals surface area contributed by atoms with E-state index in [0.29, 0.717) is 5.56 Å². The highest BCUT2D eigenvalue weighted by atomic mass is 32.2. The Labute approximate surface area is 134 Å². The van der Waals surface area contributed by atoms with Crippen LogP contribution in [0.1, 0.15) is 38.9 Å². The maximum atomic E-state index is 14.2. The minimum absolute atomic E-state index is 0.191. The standard InChI is InChI=1S/C16H21FN2S2/c1-4-9-18-11(3)13-10-21-16(19-13)15-12(17)7-6-8-14(15)20-5-2/h6-8,10-11,18H,4-5,9H2,1-3H3. The van der Waals surface area contributed by atoms with Crippen LogP contribution < -0.4 is 5.32 Å². The SMILES string of the molecule is CCCNC(C)c1csc(-c2c(F)cccc2SCC)n1. The number of halogens is 1. The van der Waals surface area contributed by atoms with Crippen LogP contribution in [-0.2, 0) is 0 Å². The lowest BCUT2D eigenvalue weighted by Crippen LogP contribution is -2.19. The Morgan fingerprint density at radius 3 is 2.90 bits per heavy atom. The normalized spacial score (nSPS) is 12.6. The summed E-state index contributed by atoms with van der Waals surface area (Å²) in [5, 5.41) is 6.20. The van der Waals surface area contributed by atoms with Gasteiger partial charge in [0.25, 0.3) is 0 Å². The third-order valence-electron chi connectivity index (χ3n) is 3.16. The van der Waals surface area contributed by atoms with E-state index in [1.165, 1.54) is 17.4 Å². The van der Waals surface area contributed by atoms with E-state index in [1.54, 1.807) is 17.8 Å². The molecular weight excluding hydrogens is 303 g/mol. The fourth-order valence-electron chi connectivity index (χ4n) is 2.05. The zero-order valence-electron chi connectivity index (χ0n) is 12.6. The average molecular weight is 324 g/mol. The van der Waals surface area contributed by atoms with Crippen molar-refractivity contribution in [1.82, 2.24) is 10.3 Å². The van der Waals surface area contributed by atoms with Gasteiger partial charge in [0.1, 0.15) is 10.8 Å². The van der Waals surface area contributed by atoms with Crippen molar-refractivity contribution >= 4 is 23.1 Å². The van der Waals surface area contributed by atoms with Crippen LogP contribution in [0, 0.1) is 5.82 Å². The monoisotopic (exact) mass is 324 g/mol. The highest BCUT2D eigenvalue weighted by Gasteiger charge is 2.16. The number of thioether (sulfide) groups is 1. The van der Waals surface area contributed by atoms with Gasteiger partial charge in [-0.1, -0.05) is 19.9 Å². The first-order chi connectivity index (χ1) is 10.2. The molecule has 0 spiro atoms. The first kappa shape index (κ1) is 16.5. The fourth-order valence-corrected chi connectivity index (χ4v) is 3.91. The molecule has 0 saturated heterocycles. The number of rotatable bonds is 7. The van der Waals surface area contributed by atoms with Gasteiger partial charge in [-0.25, -0.2) is 9.37 Å². The number of hydrogen-bond acceptors (Lipinski definition) is 4. The van der Waals surface area contributed by atoms with E-state index in [4.69, 9.17) is 0 Å². The third kappa shape index (κ3) is 4.05. The van der Waals surface area contributed by atoms with Crippen molar-refractivity contribution in [2.24, 2.45) is 0 Å². The number of hydrogen-bond donors (Lipinski definition) is 1. The molecule has 1 aromatic heterocycles. The number of nitrogens with zero attached hydrogens (tertiary/aromatic N) is 1. The highest BCUT2D eigenvalue weighted by molar-refractivity contribution is 7.99. The molecule has 5 heteroatoms. The van der Waals surface area contributed by atoms with Crippen LogP contribution in [0.4, 0.5) is 4.39 Å². The van der Waals surface area contributed by atoms with Gasteiger partial charge in [0.05, 0.1) is 11.3 Å². The second-order valence-electron chi connectivity index (χ2n) is 4.80. The molecule has 2 rings (SSSR count). The molecule has 1 heterocycles. The van der Waals surface area contributed by atoms with Gasteiger partial charge in [-0.05, 0) is 37.8 Å². The average Bonchev–Trinajstić information content (AvgIpc) is 2.95. The Bertz CT molecular complexity index is 583. The Hall–Kier alpha value is -0.910. The van der Waals surface area contributed by atoms with Crippen LogP contribution in [0.25, 0.3) is 10.6 Å². The second kappa shape index (κ2) is 7.92. The maximum Gasteiger partial charge on any atom is 0.134 e. The Morgan fingerprint density at radius 2 is 2.19 bits per heavy atom. The van der Waals surface area contributed by atoms with Gasteiger partial charge in [-0.15, -0.1) is 23.1 Å². The number of benzene rings is 1. The van der Waals surface area contributed by atoms with Crippen molar-refractivity contribution in [2.75, 3.05) is 12.3 Å². The van der Waals surface area contributed by atoms with E-state index in [2.05, 4.69) is 31.1 Å². The molecule has 1 atom stereocenters. The molecule has 0 fully saturated rings. The molecule has 114 valence electrons. The molecule has 0 aliphatic rings. The largest absolute Gasteiger partial charge is 0.309 e. The summed E-state index contributed by atoms with van der Waals surface area (Å²) in [6.07, 6.45) is 1.09. The van der Waals surface area contributed by atoms with E-state index >= 15 is 0 Å². The van der Waals surface area contributed by atoms with Gasteiger partial charge in [0, 0.05) is 16.3 Å². The second-order valence-corrected chi connectivity index (χ2v) is 6.96. The predicted molar refractivity (Wildman–Crippen MR) is 90.6 cm³/mol. The number of nitrogens with one attached hydrogen (secondary N) is 1. The van der Waals surface area contributed by atoms with Crippen LogP contribution in [0.15, 0.2) is 28.5 Å². The lowest BCUT2D eigenvalue weighted by atomic mass is 10.2. The van der Waals surface area contributed by atoms with E-state index in [9.17, 15) is 4.39 Å². The van der Waals surface area contributed by atoms with Crippen molar-refractivity contribution in [2.45, 2.75) is 38.1 Å². The van der Waals surface area contributed by atoms with E-state index in [1.807, 2.05) is 11.4 Å². The van der Waals surface area contributed by atoms with Crippen LogP contribution in [-0.4, -0.2) is 17.3 Å². The summed E-state index contributed by atoms with van der Waals surface area (Å²) < 4.78 is 14.2. The molecule has 1 N–H and O–H groups in total. The molecule has 0 aliphatic carbocycles. The highest BCUT2D eigenvalue weighted by Crippen LogP contribution is 2.36. The molecule has 1 aromatic carbocycles. The van der Waals surface area contributed by atoms with Crippen molar-refractivity contribution in [3.63, 3.8) is 0 Å². The van der Waals surface area contributed by atoms with E-state index in [-0.39, 0.29) is 11.9 Å². The summed E-state index contributed by atoms with van der Waals surface area (Å²) in [7, 11) is 0. The number of aromatic nitrogens is 1. The third-order valence-corrected chi connectivity index (χ3v) is 4.97. The van der Waals surface area contributed by atoms with Gasteiger partial charge < -0.3 is 5.32 Å². The first-order valence-corrected chi connectivity index (χ1v) is 9.14. The van der Waals surface area contributed by atoms with Crippen LogP contribution in [0.2, 0.25) is 0 Å². The van der Waals surface area contributed by atoms with Crippen molar-refractivity contribution in [3.05, 3.63) is 35.1 Å². The summed E-state index contributed by atoms with van der Waals surface area (Å²) in [6.45, 7) is 7.27. The van der Waals surface area contributed by atoms with Crippen LogP contribution in [0.5, 0.6) is 0 Å². The molecule has 0 radical (unpaired) electrons. The fraction of sp³-hybridized carbons (Fsp3) is 0.438. The molecule has 2 nitrogen and oxygen atoms in total. The van der Waals surface area contributed by atoms with Gasteiger partial charge in [0.15, 0.2) is 0 Å². The Morgan fingerprint density at radius 1 is 1.38 bits per heavy atom. The summed E-state index contributed by atoms with van der Waals surface area (Å²) >= 11 is 3.17. The predicted octanol–water partition coefficient (Wildman–Crippen LogP) is 5.12. The molecule has 0 aliphatic heterocycles. The first-order valence-electron chi connectivity index (χ1n) is 7.27. The maximum absolute atomic E-state index is 14.2. The molecule has 2 aromatic rings. The van der Waals surface area contributed by atoms with E-state index < -0.39 is 0 Å². The van der Waals surface area contributed by atoms with Crippen molar-refractivity contribution in [3.8, 4) is 10.6 Å². The molecule has 21 heavy (non-hydrogen) atoms. The molecule has 0 saturated carbocycles. The Balaban J connectivity index is 2.29. The Kier molecular flexibility index (Phi) is 6.21. The molecular formula is C16H21FN2S2. The van der Waals surface area contributed by atoms with Gasteiger partial charge in [-0.3, -0.25) is 0 Å². The topological polar surface area (TPSA) is 24.9 Å². The summed E-state index contributed by atoms with van der Waals surface area (Å²) in [5.41, 5.74) is 1.63. The number of thiazole rings is 1. The minimum Gasteiger partial charge on any atom is -0.309 e. The lowest BCUT2D eigenvalue weighted by molar-refractivity contribution is 0.561. The summed E-state index contributed by atoms with van der Waals surface area (Å²) in [6, 6.07) is 5.43. The smallest absolute Gasteiger partial charge is 0.134 e. The molecule has 0 amide bonds. The molecule has 1 unspecified atom stereocenters. The van der Waals surface area contributed by atoms with Crippen LogP contribution >= 0.6 is 23.1 Å². The van der Waals surface area contributed by atoms with Gasteiger partial charge in [0.2, 0.25) is 0 Å². The van der Waals surface area contributed by atoms with Crippen LogP contribution in [0.3, 0.4) is 0 Å². The zero-order valence-corrected chi connectivity index (χ0v) is 14.3. The lowest BCUT2D eigenvalue weighted by Gasteiger charge is -2.10. The summed E-state index contributed by atoms with van der Waals surface area (Å²) in [4.78, 5) is 5.61. The minimum atomic E-state index is -0.191. The van der Waals surface area contributed by atoms with E-state index in [0.717, 1.165) is 34.3 Å². The summed E-state index contributed by atoms with van der Waals surface area (Å²) in [5.74, 6) is 0.729. The van der Waals surface area contributed by atoms with Crippen molar-refractivity contribution < 1.29 is 4.39 Å². The molecule has 0 bridgehead atoms. The van der Waals surface area contributed by atoms with Gasteiger partial charge >= 0.3 is 0 Å². The quantitative estimate of drug-likeness (QED) is 0.715. The van der Waals surface area contributed by atoms with Crippen molar-refractivity contribution in [1.29, 1.82) is 0 Å². The zero-order chi connectivity index (χ0) is 15.2.